The Bertz CT molecular complexity index is 456. The number of ether oxygens (including phenoxy) is 2. The molecule has 0 aliphatic rings. The van der Waals surface area contributed by atoms with Crippen LogP contribution in [0.1, 0.15) is 0 Å². The molecule has 6 heteroatoms. The van der Waals surface area contributed by atoms with Gasteiger partial charge in [0.05, 0.1) is 20.0 Å². The van der Waals surface area contributed by atoms with Crippen molar-refractivity contribution in [1.82, 2.24) is 0 Å². The van der Waals surface area contributed by atoms with Crippen molar-refractivity contribution in [3.05, 3.63) is 18.2 Å². The molecule has 1 aromatic carbocycles. The van der Waals surface area contributed by atoms with E-state index in [0.29, 0.717) is 5.75 Å². The van der Waals surface area contributed by atoms with E-state index < -0.39 is 9.84 Å². The van der Waals surface area contributed by atoms with E-state index in [-0.39, 0.29) is 22.3 Å². The fourth-order valence-electron chi connectivity index (χ4n) is 1.24. The van der Waals surface area contributed by atoms with Crippen molar-refractivity contribution >= 4 is 21.4 Å². The zero-order valence-corrected chi connectivity index (χ0v) is 10.6. The lowest BCUT2D eigenvalue weighted by molar-refractivity contribution is 0.386. The molecule has 0 heterocycles. The van der Waals surface area contributed by atoms with Crippen molar-refractivity contribution in [2.45, 2.75) is 4.90 Å². The second-order valence-corrected chi connectivity index (χ2v) is 5.48. The molecule has 90 valence electrons. The van der Waals surface area contributed by atoms with E-state index in [4.69, 9.17) is 21.1 Å². The number of alkyl halides is 1. The fourth-order valence-corrected chi connectivity index (χ4v) is 3.00. The van der Waals surface area contributed by atoms with Crippen LogP contribution in [-0.4, -0.2) is 34.3 Å². The first-order chi connectivity index (χ1) is 7.55. The molecule has 0 aliphatic heterocycles. The first-order valence-electron chi connectivity index (χ1n) is 4.56. The zero-order valence-electron chi connectivity index (χ0n) is 9.07. The van der Waals surface area contributed by atoms with Gasteiger partial charge in [0.15, 0.2) is 9.84 Å². The van der Waals surface area contributed by atoms with Gasteiger partial charge in [0.25, 0.3) is 0 Å². The number of hydrogen-bond acceptors (Lipinski definition) is 4. The van der Waals surface area contributed by atoms with E-state index in [2.05, 4.69) is 0 Å². The molecule has 0 saturated heterocycles. The molecule has 0 fully saturated rings. The number of sulfone groups is 1. The Balaban J connectivity index is 3.24. The highest BCUT2D eigenvalue weighted by Gasteiger charge is 2.19. The van der Waals surface area contributed by atoms with Gasteiger partial charge in [-0.2, -0.15) is 0 Å². The van der Waals surface area contributed by atoms with E-state index in [9.17, 15) is 8.42 Å². The zero-order chi connectivity index (χ0) is 12.2. The van der Waals surface area contributed by atoms with E-state index in [1.165, 1.54) is 26.4 Å². The van der Waals surface area contributed by atoms with Crippen LogP contribution in [0.15, 0.2) is 23.1 Å². The lowest BCUT2D eigenvalue weighted by Crippen LogP contribution is -2.09. The van der Waals surface area contributed by atoms with Crippen LogP contribution in [0.3, 0.4) is 0 Å². The summed E-state index contributed by atoms with van der Waals surface area (Å²) in [5.41, 5.74) is 0. The van der Waals surface area contributed by atoms with Gasteiger partial charge in [-0.05, 0) is 12.1 Å². The van der Waals surface area contributed by atoms with E-state index in [0.717, 1.165) is 0 Å². The van der Waals surface area contributed by atoms with Gasteiger partial charge in [-0.1, -0.05) is 0 Å². The molecule has 0 spiro atoms. The molecule has 1 aromatic rings. The van der Waals surface area contributed by atoms with Gasteiger partial charge >= 0.3 is 0 Å². The molecular weight excluding hydrogens is 252 g/mol. The molecule has 0 aliphatic carbocycles. The summed E-state index contributed by atoms with van der Waals surface area (Å²) in [7, 11) is -0.478. The molecule has 0 saturated carbocycles. The normalized spacial score (nSPS) is 11.2. The maximum atomic E-state index is 11.8. The maximum Gasteiger partial charge on any atom is 0.183 e. The van der Waals surface area contributed by atoms with Crippen LogP contribution in [0.2, 0.25) is 0 Å². The van der Waals surface area contributed by atoms with Crippen molar-refractivity contribution in [2.75, 3.05) is 25.9 Å². The lowest BCUT2D eigenvalue weighted by atomic mass is 10.3. The molecular formula is C10H13ClO4S. The van der Waals surface area contributed by atoms with Gasteiger partial charge < -0.3 is 9.47 Å². The summed E-state index contributed by atoms with van der Waals surface area (Å²) >= 11 is 5.45. The smallest absolute Gasteiger partial charge is 0.183 e. The Hall–Kier alpha value is -0.940. The van der Waals surface area contributed by atoms with Gasteiger partial charge in [-0.3, -0.25) is 0 Å². The summed E-state index contributed by atoms with van der Waals surface area (Å²) in [4.78, 5) is 0.136. The molecule has 4 nitrogen and oxygen atoms in total. The number of methoxy groups -OCH3 is 2. The van der Waals surface area contributed by atoms with E-state index in [1.807, 2.05) is 0 Å². The third kappa shape index (κ3) is 2.80. The Morgan fingerprint density at radius 1 is 1.25 bits per heavy atom. The van der Waals surface area contributed by atoms with E-state index in [1.54, 1.807) is 6.07 Å². The van der Waals surface area contributed by atoms with Crippen molar-refractivity contribution in [1.29, 1.82) is 0 Å². The van der Waals surface area contributed by atoms with Crippen LogP contribution < -0.4 is 9.47 Å². The number of halogens is 1. The highest BCUT2D eigenvalue weighted by Crippen LogP contribution is 2.29. The number of hydrogen-bond donors (Lipinski definition) is 0. The van der Waals surface area contributed by atoms with Crippen LogP contribution in [0.4, 0.5) is 0 Å². The maximum absolute atomic E-state index is 11.8. The molecule has 1 rings (SSSR count). The van der Waals surface area contributed by atoms with Gasteiger partial charge in [0.2, 0.25) is 0 Å². The molecule has 16 heavy (non-hydrogen) atoms. The molecule has 0 bridgehead atoms. The summed E-state index contributed by atoms with van der Waals surface area (Å²) in [6.45, 7) is 0. The van der Waals surface area contributed by atoms with Crippen molar-refractivity contribution in [3.8, 4) is 11.5 Å². The third-order valence-electron chi connectivity index (χ3n) is 2.05. The highest BCUT2D eigenvalue weighted by atomic mass is 35.5. The standard InChI is InChI=1S/C10H13ClO4S/c1-14-8-3-4-10(9(7-8)15-2)16(12,13)6-5-11/h3-4,7H,5-6H2,1-2H3. The van der Waals surface area contributed by atoms with Crippen LogP contribution in [0.25, 0.3) is 0 Å². The molecule has 0 amide bonds. The van der Waals surface area contributed by atoms with Crippen molar-refractivity contribution in [3.63, 3.8) is 0 Å². The fraction of sp³-hybridized carbons (Fsp3) is 0.400. The average Bonchev–Trinajstić information content (AvgIpc) is 2.28. The minimum Gasteiger partial charge on any atom is -0.497 e. The van der Waals surface area contributed by atoms with Crippen LogP contribution in [0.5, 0.6) is 11.5 Å². The first kappa shape index (κ1) is 13.1. The van der Waals surface area contributed by atoms with Crippen molar-refractivity contribution < 1.29 is 17.9 Å². The predicted molar refractivity (Wildman–Crippen MR) is 62.3 cm³/mol. The molecule has 0 radical (unpaired) electrons. The number of rotatable bonds is 5. The summed E-state index contributed by atoms with van der Waals surface area (Å²) in [5.74, 6) is 0.750. The minimum absolute atomic E-state index is 0.0531. The Morgan fingerprint density at radius 3 is 2.44 bits per heavy atom. The third-order valence-corrected chi connectivity index (χ3v) is 4.21. The first-order valence-corrected chi connectivity index (χ1v) is 6.74. The second kappa shape index (κ2) is 5.41. The van der Waals surface area contributed by atoms with Gasteiger partial charge in [0.1, 0.15) is 16.4 Å². The molecule has 0 unspecified atom stereocenters. The number of benzene rings is 1. The highest BCUT2D eigenvalue weighted by molar-refractivity contribution is 7.91. The monoisotopic (exact) mass is 264 g/mol. The predicted octanol–water partition coefficient (Wildman–Crippen LogP) is 1.72. The van der Waals surface area contributed by atoms with Crippen LogP contribution in [0, 0.1) is 0 Å². The van der Waals surface area contributed by atoms with Gasteiger partial charge in [0, 0.05) is 11.9 Å². The second-order valence-electron chi connectivity index (χ2n) is 3.02. The van der Waals surface area contributed by atoms with Crippen LogP contribution >= 0.6 is 11.6 Å². The lowest BCUT2D eigenvalue weighted by Gasteiger charge is -2.10. The quantitative estimate of drug-likeness (QED) is 0.760. The molecule has 0 aromatic heterocycles. The van der Waals surface area contributed by atoms with Gasteiger partial charge in [-0.25, -0.2) is 8.42 Å². The molecule has 0 atom stereocenters. The van der Waals surface area contributed by atoms with Gasteiger partial charge in [-0.15, -0.1) is 11.6 Å². The summed E-state index contributed by atoms with van der Waals surface area (Å²) < 4.78 is 33.6. The topological polar surface area (TPSA) is 52.6 Å². The molecule has 0 N–H and O–H groups in total. The SMILES string of the molecule is COc1ccc(S(=O)(=O)CCCl)c(OC)c1. The summed E-state index contributed by atoms with van der Waals surface area (Å²) in [5, 5.41) is 0. The van der Waals surface area contributed by atoms with Crippen molar-refractivity contribution in [2.24, 2.45) is 0 Å². The summed E-state index contributed by atoms with van der Waals surface area (Å²) in [6.07, 6.45) is 0. The Kier molecular flexibility index (Phi) is 4.44. The van der Waals surface area contributed by atoms with E-state index >= 15 is 0 Å². The average molecular weight is 265 g/mol. The Morgan fingerprint density at radius 2 is 1.94 bits per heavy atom. The minimum atomic E-state index is -3.39. The largest absolute Gasteiger partial charge is 0.497 e. The van der Waals surface area contributed by atoms with Crippen LogP contribution in [-0.2, 0) is 9.84 Å². The Labute approximate surface area is 100 Å². The summed E-state index contributed by atoms with van der Waals surface area (Å²) in [6, 6.07) is 4.56.